The van der Waals surface area contributed by atoms with Crippen LogP contribution in [0.5, 0.6) is 17.5 Å². The maximum Gasteiger partial charge on any atom is 0.573 e. The van der Waals surface area contributed by atoms with E-state index in [-0.39, 0.29) is 43.0 Å². The number of halogens is 4. The fourth-order valence-electron chi connectivity index (χ4n) is 4.09. The number of aliphatic hydroxyl groups excluding tert-OH is 1. The number of alkyl halides is 3. The van der Waals surface area contributed by atoms with Crippen molar-refractivity contribution in [2.75, 3.05) is 25.1 Å². The van der Waals surface area contributed by atoms with Gasteiger partial charge in [0.1, 0.15) is 11.5 Å². The minimum Gasteiger partial charge on any atom is -0.425 e. The molecule has 196 valence electrons. The lowest BCUT2D eigenvalue weighted by Crippen LogP contribution is -2.37. The first-order valence-electron chi connectivity index (χ1n) is 11.2. The fourth-order valence-corrected chi connectivity index (χ4v) is 4.27. The van der Waals surface area contributed by atoms with Gasteiger partial charge in [-0.05, 0) is 30.7 Å². The summed E-state index contributed by atoms with van der Waals surface area (Å²) in [5, 5.41) is 9.74. The van der Waals surface area contributed by atoms with E-state index in [0.29, 0.717) is 17.1 Å². The summed E-state index contributed by atoms with van der Waals surface area (Å²) in [6.45, 7) is 0.165. The van der Waals surface area contributed by atoms with E-state index in [4.69, 9.17) is 21.1 Å². The summed E-state index contributed by atoms with van der Waals surface area (Å²) in [6, 6.07) is 8.13. The van der Waals surface area contributed by atoms with Gasteiger partial charge in [0.25, 0.3) is 5.91 Å². The van der Waals surface area contributed by atoms with Gasteiger partial charge in [0, 0.05) is 37.5 Å². The van der Waals surface area contributed by atoms with Crippen LogP contribution in [0.2, 0.25) is 5.02 Å². The van der Waals surface area contributed by atoms with Crippen LogP contribution in [-0.2, 0) is 11.3 Å². The number of nitrogens with zero attached hydrogens (tertiary/aromatic N) is 5. The summed E-state index contributed by atoms with van der Waals surface area (Å²) < 4.78 is 55.2. The molecule has 2 unspecified atom stereocenters. The first kappa shape index (κ1) is 25.1. The molecule has 0 radical (unpaired) electrons. The summed E-state index contributed by atoms with van der Waals surface area (Å²) >= 11 is 6.13. The Hall–Kier alpha value is -3.55. The second-order valence-electron chi connectivity index (χ2n) is 8.35. The zero-order valence-corrected chi connectivity index (χ0v) is 20.1. The van der Waals surface area contributed by atoms with Crippen molar-refractivity contribution in [1.82, 2.24) is 19.4 Å². The summed E-state index contributed by atoms with van der Waals surface area (Å²) in [7, 11) is 1.71. The molecule has 1 aromatic carbocycles. The number of likely N-dealkylation sites (N-methyl/N-ethyl adjacent to an activating group) is 1. The third-order valence-corrected chi connectivity index (χ3v) is 5.99. The van der Waals surface area contributed by atoms with Crippen molar-refractivity contribution in [3.05, 3.63) is 59.0 Å². The van der Waals surface area contributed by atoms with E-state index in [1.165, 1.54) is 27.8 Å². The number of epoxide rings is 1. The van der Waals surface area contributed by atoms with Gasteiger partial charge in [0.2, 0.25) is 0 Å². The molecule has 0 saturated carbocycles. The van der Waals surface area contributed by atoms with E-state index < -0.39 is 30.5 Å². The molecule has 2 aliphatic rings. The molecule has 2 aliphatic heterocycles. The van der Waals surface area contributed by atoms with Gasteiger partial charge >= 0.3 is 12.4 Å². The highest BCUT2D eigenvalue weighted by molar-refractivity contribution is 6.30. The summed E-state index contributed by atoms with van der Waals surface area (Å²) in [4.78, 5) is 25.7. The molecule has 1 saturated heterocycles. The molecule has 1 fully saturated rings. The molecule has 1 amide bonds. The number of carbonyl (C=O) groups excluding carboxylic acids is 1. The van der Waals surface area contributed by atoms with Crippen molar-refractivity contribution in [2.45, 2.75) is 31.8 Å². The van der Waals surface area contributed by atoms with Crippen LogP contribution in [0, 0.1) is 0 Å². The quantitative estimate of drug-likeness (QED) is 0.433. The molecule has 10 nitrogen and oxygen atoms in total. The van der Waals surface area contributed by atoms with Gasteiger partial charge in [-0.2, -0.15) is 4.98 Å². The zero-order chi connectivity index (χ0) is 26.3. The Morgan fingerprint density at radius 1 is 1.19 bits per heavy atom. The van der Waals surface area contributed by atoms with Gasteiger partial charge in [0.15, 0.2) is 24.0 Å². The number of pyridine rings is 1. The predicted molar refractivity (Wildman–Crippen MR) is 124 cm³/mol. The number of benzene rings is 1. The van der Waals surface area contributed by atoms with Gasteiger partial charge in [-0.3, -0.25) is 14.3 Å². The Morgan fingerprint density at radius 3 is 2.70 bits per heavy atom. The number of anilines is 1. The Labute approximate surface area is 213 Å². The van der Waals surface area contributed by atoms with E-state index in [2.05, 4.69) is 14.7 Å². The smallest absolute Gasteiger partial charge is 0.425 e. The molecule has 2 atom stereocenters. The van der Waals surface area contributed by atoms with Crippen LogP contribution in [0.3, 0.4) is 0 Å². The van der Waals surface area contributed by atoms with E-state index >= 15 is 0 Å². The number of imidazole rings is 1. The number of rotatable bonds is 8. The SMILES string of the molecule is CN1c2nc(Oc3cccc(OC(F)(F)F)c3)n(Cc3cc(Cl)ccn3)c2C(=O)N(CCCO)C2OC21. The van der Waals surface area contributed by atoms with Crippen molar-refractivity contribution in [3.8, 4) is 17.5 Å². The number of aromatic nitrogens is 3. The Bertz CT molecular complexity index is 1320. The highest BCUT2D eigenvalue weighted by atomic mass is 35.5. The minimum absolute atomic E-state index is 0.00926. The number of aliphatic hydroxyl groups is 1. The number of hydrogen-bond acceptors (Lipinski definition) is 8. The molecule has 2 aromatic heterocycles. The summed E-state index contributed by atoms with van der Waals surface area (Å²) in [5.41, 5.74) is 0.672. The van der Waals surface area contributed by atoms with Gasteiger partial charge in [-0.15, -0.1) is 13.2 Å². The van der Waals surface area contributed by atoms with E-state index in [0.717, 1.165) is 12.1 Å². The molecular weight excluding hydrogens is 519 g/mol. The molecule has 3 aromatic rings. The van der Waals surface area contributed by atoms with Crippen molar-refractivity contribution in [2.24, 2.45) is 0 Å². The second kappa shape index (κ2) is 9.72. The minimum atomic E-state index is -4.87. The lowest BCUT2D eigenvalue weighted by atomic mass is 10.3. The molecule has 14 heteroatoms. The maximum atomic E-state index is 13.7. The number of carbonyl (C=O) groups is 1. The van der Waals surface area contributed by atoms with E-state index in [1.807, 2.05) is 0 Å². The molecule has 0 spiro atoms. The third-order valence-electron chi connectivity index (χ3n) is 5.75. The van der Waals surface area contributed by atoms with Gasteiger partial charge < -0.3 is 29.1 Å². The second-order valence-corrected chi connectivity index (χ2v) is 8.78. The normalized spacial score (nSPS) is 18.8. The zero-order valence-electron chi connectivity index (χ0n) is 19.4. The van der Waals surface area contributed by atoms with Crippen LogP contribution in [0.25, 0.3) is 0 Å². The van der Waals surface area contributed by atoms with Gasteiger partial charge in [0.05, 0.1) is 12.2 Å². The van der Waals surface area contributed by atoms with Crippen LogP contribution >= 0.6 is 11.6 Å². The molecule has 37 heavy (non-hydrogen) atoms. The van der Waals surface area contributed by atoms with Crippen molar-refractivity contribution < 1.29 is 37.3 Å². The summed E-state index contributed by atoms with van der Waals surface area (Å²) in [5.74, 6) is -0.601. The van der Waals surface area contributed by atoms with Crippen molar-refractivity contribution in [1.29, 1.82) is 0 Å². The molecule has 1 N–H and O–H groups in total. The molecule has 4 heterocycles. The summed E-state index contributed by atoms with van der Waals surface area (Å²) in [6.07, 6.45) is -3.97. The van der Waals surface area contributed by atoms with Crippen LogP contribution in [0.4, 0.5) is 19.0 Å². The molecule has 0 aliphatic carbocycles. The van der Waals surface area contributed by atoms with E-state index in [1.54, 1.807) is 24.1 Å². The number of ether oxygens (including phenoxy) is 3. The average molecular weight is 540 g/mol. The van der Waals surface area contributed by atoms with Gasteiger partial charge in [-0.25, -0.2) is 0 Å². The monoisotopic (exact) mass is 539 g/mol. The van der Waals surface area contributed by atoms with Crippen molar-refractivity contribution >= 4 is 23.3 Å². The van der Waals surface area contributed by atoms with Crippen molar-refractivity contribution in [3.63, 3.8) is 0 Å². The number of fused-ring (bicyclic) bond motifs is 2. The number of hydrogen-bond donors (Lipinski definition) is 1. The molecular formula is C23H21ClF3N5O5. The lowest BCUT2D eigenvalue weighted by Gasteiger charge is -2.20. The van der Waals surface area contributed by atoms with Gasteiger partial charge in [-0.1, -0.05) is 17.7 Å². The topological polar surface area (TPSA) is 105 Å². The Morgan fingerprint density at radius 2 is 1.97 bits per heavy atom. The molecule has 0 bridgehead atoms. The van der Waals surface area contributed by atoms with Crippen LogP contribution in [0.15, 0.2) is 42.6 Å². The van der Waals surface area contributed by atoms with Crippen LogP contribution < -0.4 is 14.4 Å². The highest BCUT2D eigenvalue weighted by Crippen LogP contribution is 2.41. The largest absolute Gasteiger partial charge is 0.573 e. The lowest BCUT2D eigenvalue weighted by molar-refractivity contribution is -0.274. The average Bonchev–Trinajstić information content (AvgIpc) is 3.55. The maximum absolute atomic E-state index is 13.7. The predicted octanol–water partition coefficient (Wildman–Crippen LogP) is 3.63. The van der Waals surface area contributed by atoms with Crippen LogP contribution in [-0.4, -0.2) is 69.5 Å². The van der Waals surface area contributed by atoms with Crippen LogP contribution in [0.1, 0.15) is 22.6 Å². The first-order valence-corrected chi connectivity index (χ1v) is 11.6. The standard InChI is InChI=1S/C23H21ClF3N5O5/c1-30-18-17(19(34)31(8-3-9-33)21-20(30)36-21)32(12-14-10-13(24)6-7-28-14)22(29-18)35-15-4-2-5-16(11-15)37-23(25,26)27/h2,4-7,10-11,20-21,33H,3,8-9,12H2,1H3. The number of amides is 1. The molecule has 5 rings (SSSR count). The first-order chi connectivity index (χ1) is 17.6. The van der Waals surface area contributed by atoms with E-state index in [9.17, 15) is 23.1 Å². The Kier molecular flexibility index (Phi) is 6.60. The fraction of sp³-hybridized carbons (Fsp3) is 0.348. The highest BCUT2D eigenvalue weighted by Gasteiger charge is 2.54. The third kappa shape index (κ3) is 5.29. The Balaban J connectivity index is 1.57.